The highest BCUT2D eigenvalue weighted by molar-refractivity contribution is 6.06. The monoisotopic (exact) mass is 288 g/mol. The van der Waals surface area contributed by atoms with Gasteiger partial charge in [0.1, 0.15) is 11.6 Å². The van der Waals surface area contributed by atoms with E-state index in [1.165, 1.54) is 6.07 Å². The van der Waals surface area contributed by atoms with Crippen molar-refractivity contribution < 1.29 is 14.0 Å². The lowest BCUT2D eigenvalue weighted by Gasteiger charge is -2.31. The van der Waals surface area contributed by atoms with Gasteiger partial charge in [-0.25, -0.2) is 8.78 Å². The number of para-hydroxylation sites is 1. The number of halogens is 2. The molecule has 0 saturated carbocycles. The van der Waals surface area contributed by atoms with Crippen molar-refractivity contribution in [1.82, 2.24) is 0 Å². The van der Waals surface area contributed by atoms with E-state index < -0.39 is 11.6 Å². The molecule has 0 aliphatic carbocycles. The molecular formula is C16H14F2N2O. The average molecular weight is 288 g/mol. The number of fused-ring (bicyclic) bond motifs is 1. The van der Waals surface area contributed by atoms with Crippen LogP contribution in [0.15, 0.2) is 47.6 Å². The van der Waals surface area contributed by atoms with Crippen LogP contribution in [0.3, 0.4) is 0 Å². The number of anilines is 1. The highest BCUT2D eigenvalue weighted by Gasteiger charge is 2.22. The molecular weight excluding hydrogens is 274 g/mol. The molecule has 1 N–H and O–H groups in total. The van der Waals surface area contributed by atoms with E-state index in [-0.39, 0.29) is 6.54 Å². The van der Waals surface area contributed by atoms with Gasteiger partial charge in [-0.15, -0.1) is 0 Å². The third kappa shape index (κ3) is 2.59. The maximum atomic E-state index is 13.8. The lowest BCUT2D eigenvalue weighted by Crippen LogP contribution is -2.32. The summed E-state index contributed by atoms with van der Waals surface area (Å²) in [5, 5.41) is 12.4. The van der Waals surface area contributed by atoms with Crippen molar-refractivity contribution in [3.63, 3.8) is 0 Å². The average Bonchev–Trinajstić information content (AvgIpc) is 2.51. The van der Waals surface area contributed by atoms with Crippen LogP contribution in [0.2, 0.25) is 0 Å². The molecule has 0 unspecified atom stereocenters. The molecule has 2 aromatic rings. The van der Waals surface area contributed by atoms with Crippen LogP contribution in [0.4, 0.5) is 14.5 Å². The first kappa shape index (κ1) is 13.5. The number of oxime groups is 1. The summed E-state index contributed by atoms with van der Waals surface area (Å²) in [6, 6.07) is 10.9. The van der Waals surface area contributed by atoms with Crippen LogP contribution in [0.25, 0.3) is 0 Å². The van der Waals surface area contributed by atoms with E-state index in [2.05, 4.69) is 5.16 Å². The van der Waals surface area contributed by atoms with Gasteiger partial charge >= 0.3 is 0 Å². The van der Waals surface area contributed by atoms with Crippen molar-refractivity contribution in [3.8, 4) is 0 Å². The summed E-state index contributed by atoms with van der Waals surface area (Å²) in [7, 11) is 0. The number of rotatable bonds is 2. The van der Waals surface area contributed by atoms with Gasteiger partial charge in [0.25, 0.3) is 0 Å². The van der Waals surface area contributed by atoms with Crippen LogP contribution < -0.4 is 4.90 Å². The van der Waals surface area contributed by atoms with Gasteiger partial charge in [-0.1, -0.05) is 23.4 Å². The zero-order chi connectivity index (χ0) is 14.8. The van der Waals surface area contributed by atoms with Gasteiger partial charge in [0.15, 0.2) is 0 Å². The second-order valence-corrected chi connectivity index (χ2v) is 4.97. The Morgan fingerprint density at radius 1 is 1.14 bits per heavy atom. The van der Waals surface area contributed by atoms with Crippen molar-refractivity contribution >= 4 is 11.4 Å². The van der Waals surface area contributed by atoms with E-state index in [4.69, 9.17) is 5.21 Å². The number of hydrogen-bond acceptors (Lipinski definition) is 3. The van der Waals surface area contributed by atoms with Crippen LogP contribution in [-0.4, -0.2) is 17.5 Å². The van der Waals surface area contributed by atoms with Crippen LogP contribution in [0, 0.1) is 11.6 Å². The predicted molar refractivity (Wildman–Crippen MR) is 76.8 cm³/mol. The molecule has 3 rings (SSSR count). The van der Waals surface area contributed by atoms with E-state index in [9.17, 15) is 8.78 Å². The van der Waals surface area contributed by atoms with Crippen LogP contribution in [0.5, 0.6) is 0 Å². The number of benzene rings is 2. The Balaban J connectivity index is 1.95. The summed E-state index contributed by atoms with van der Waals surface area (Å²) in [5.74, 6) is -0.871. The first-order chi connectivity index (χ1) is 10.2. The normalized spacial score (nSPS) is 16.1. The van der Waals surface area contributed by atoms with Gasteiger partial charge in [-0.3, -0.25) is 0 Å². The summed E-state index contributed by atoms with van der Waals surface area (Å²) < 4.78 is 27.1. The first-order valence-corrected chi connectivity index (χ1v) is 6.68. The summed E-state index contributed by atoms with van der Waals surface area (Å²) in [4.78, 5) is 1.96. The Labute approximate surface area is 121 Å². The molecule has 5 heteroatoms. The maximum absolute atomic E-state index is 13.8. The molecule has 0 aromatic heterocycles. The second kappa shape index (κ2) is 5.52. The predicted octanol–water partition coefficient (Wildman–Crippen LogP) is 3.55. The Kier molecular flexibility index (Phi) is 3.56. The molecule has 2 aromatic carbocycles. The molecule has 0 atom stereocenters. The largest absolute Gasteiger partial charge is 0.411 e. The highest BCUT2D eigenvalue weighted by atomic mass is 19.1. The molecule has 0 amide bonds. The lowest BCUT2D eigenvalue weighted by atomic mass is 9.99. The molecule has 3 nitrogen and oxygen atoms in total. The van der Waals surface area contributed by atoms with Crippen molar-refractivity contribution in [1.29, 1.82) is 0 Å². The van der Waals surface area contributed by atoms with Gasteiger partial charge < -0.3 is 10.1 Å². The number of hydrogen-bond donors (Lipinski definition) is 1. The minimum Gasteiger partial charge on any atom is -0.411 e. The zero-order valence-electron chi connectivity index (χ0n) is 11.3. The standard InChI is InChI=1S/C16H14F2N2O/c17-12-5-6-14(18)11(9-12)10-20-8-7-15(19-21)13-3-1-2-4-16(13)20/h1-6,9,21H,7-8,10H2/b19-15-. The molecule has 1 aliphatic heterocycles. The number of nitrogens with zero attached hydrogens (tertiary/aromatic N) is 2. The Hall–Kier alpha value is -2.43. The Bertz CT molecular complexity index is 700. The molecule has 1 heterocycles. The summed E-state index contributed by atoms with van der Waals surface area (Å²) in [6.45, 7) is 0.867. The van der Waals surface area contributed by atoms with E-state index >= 15 is 0 Å². The van der Waals surface area contributed by atoms with Gasteiger partial charge in [0.2, 0.25) is 0 Å². The van der Waals surface area contributed by atoms with Gasteiger partial charge in [0, 0.05) is 36.3 Å². The molecule has 108 valence electrons. The van der Waals surface area contributed by atoms with Crippen LogP contribution in [-0.2, 0) is 6.54 Å². The third-order valence-electron chi connectivity index (χ3n) is 3.66. The molecule has 0 fully saturated rings. The second-order valence-electron chi connectivity index (χ2n) is 4.97. The molecule has 0 spiro atoms. The lowest BCUT2D eigenvalue weighted by molar-refractivity contribution is 0.317. The highest BCUT2D eigenvalue weighted by Crippen LogP contribution is 2.29. The van der Waals surface area contributed by atoms with Crippen molar-refractivity contribution in [2.45, 2.75) is 13.0 Å². The Morgan fingerprint density at radius 3 is 2.76 bits per heavy atom. The molecule has 1 aliphatic rings. The van der Waals surface area contributed by atoms with Crippen molar-refractivity contribution in [3.05, 3.63) is 65.2 Å². The van der Waals surface area contributed by atoms with E-state index in [0.717, 1.165) is 23.4 Å². The fraction of sp³-hybridized carbons (Fsp3) is 0.188. The summed E-state index contributed by atoms with van der Waals surface area (Å²) in [5.41, 5.74) is 2.61. The van der Waals surface area contributed by atoms with Gasteiger partial charge in [0.05, 0.1) is 5.71 Å². The first-order valence-electron chi connectivity index (χ1n) is 6.68. The van der Waals surface area contributed by atoms with Crippen LogP contribution >= 0.6 is 0 Å². The summed E-state index contributed by atoms with van der Waals surface area (Å²) >= 11 is 0. The maximum Gasteiger partial charge on any atom is 0.128 e. The van der Waals surface area contributed by atoms with E-state index in [1.54, 1.807) is 0 Å². The Morgan fingerprint density at radius 2 is 1.95 bits per heavy atom. The van der Waals surface area contributed by atoms with E-state index in [1.807, 2.05) is 29.2 Å². The van der Waals surface area contributed by atoms with Crippen LogP contribution in [0.1, 0.15) is 17.5 Å². The minimum atomic E-state index is -0.450. The minimum absolute atomic E-state index is 0.277. The van der Waals surface area contributed by atoms with Gasteiger partial charge in [-0.05, 0) is 24.3 Å². The zero-order valence-corrected chi connectivity index (χ0v) is 11.3. The summed E-state index contributed by atoms with van der Waals surface area (Å²) in [6.07, 6.45) is 0.560. The SMILES string of the molecule is O/N=C1/CCN(Cc2cc(F)ccc2F)c2ccccc21. The molecule has 0 bridgehead atoms. The van der Waals surface area contributed by atoms with Crippen molar-refractivity contribution in [2.24, 2.45) is 5.16 Å². The fourth-order valence-electron chi connectivity index (χ4n) is 2.63. The van der Waals surface area contributed by atoms with Gasteiger partial charge in [-0.2, -0.15) is 0 Å². The fourth-order valence-corrected chi connectivity index (χ4v) is 2.63. The quantitative estimate of drug-likeness (QED) is 0.677. The molecule has 0 saturated heterocycles. The molecule has 0 radical (unpaired) electrons. The topological polar surface area (TPSA) is 35.8 Å². The van der Waals surface area contributed by atoms with E-state index in [0.29, 0.717) is 24.2 Å². The smallest absolute Gasteiger partial charge is 0.128 e. The van der Waals surface area contributed by atoms with Crippen molar-refractivity contribution in [2.75, 3.05) is 11.4 Å². The third-order valence-corrected chi connectivity index (χ3v) is 3.66. The molecule has 21 heavy (non-hydrogen) atoms.